The first-order chi connectivity index (χ1) is 4.00. The molecule has 0 spiro atoms. The predicted molar refractivity (Wildman–Crippen MR) is 37.7 cm³/mol. The lowest BCUT2D eigenvalue weighted by molar-refractivity contribution is 0.229. The standard InChI is InChI=1S/C4H8.CH5BO3/c1-4(2)3;1-5-2(3)4/h1H2,2-3H3;3-4H,1H3. The quantitative estimate of drug-likeness (QED) is 0.395. The first-order valence-electron chi connectivity index (χ1n) is 2.51. The molecule has 0 aromatic carbocycles. The zero-order valence-corrected chi connectivity index (χ0v) is 6.09. The minimum atomic E-state index is -1.62. The molecule has 0 aromatic heterocycles. The third-order valence-electron chi connectivity index (χ3n) is 0.211. The Bertz CT molecular complexity index is 68.6. The molecule has 2 N–H and O–H groups in total. The second-order valence-corrected chi connectivity index (χ2v) is 1.77. The van der Waals surface area contributed by atoms with Gasteiger partial charge >= 0.3 is 7.32 Å². The Morgan fingerprint density at radius 1 is 1.44 bits per heavy atom. The lowest BCUT2D eigenvalue weighted by atomic mass is 10.3. The number of allylic oxidation sites excluding steroid dienone is 1. The molecule has 0 bridgehead atoms. The smallest absolute Gasteiger partial charge is 0.402 e. The molecule has 0 radical (unpaired) electrons. The third-order valence-corrected chi connectivity index (χ3v) is 0.211. The van der Waals surface area contributed by atoms with Crippen LogP contribution in [0.2, 0.25) is 0 Å². The monoisotopic (exact) mass is 132 g/mol. The maximum Gasteiger partial charge on any atom is 0.633 e. The molecule has 0 heterocycles. The molecule has 0 unspecified atom stereocenters. The highest BCUT2D eigenvalue weighted by Gasteiger charge is 2.00. The van der Waals surface area contributed by atoms with Gasteiger partial charge in [0.25, 0.3) is 0 Å². The van der Waals surface area contributed by atoms with Crippen LogP contribution in [-0.2, 0) is 4.65 Å². The van der Waals surface area contributed by atoms with Crippen LogP contribution in [0, 0.1) is 0 Å². The van der Waals surface area contributed by atoms with Gasteiger partial charge in [0, 0.05) is 7.11 Å². The van der Waals surface area contributed by atoms with Gasteiger partial charge in [-0.3, -0.25) is 0 Å². The van der Waals surface area contributed by atoms with Crippen LogP contribution in [0.25, 0.3) is 0 Å². The molecule has 0 amide bonds. The van der Waals surface area contributed by atoms with E-state index in [-0.39, 0.29) is 0 Å². The van der Waals surface area contributed by atoms with Gasteiger partial charge in [0.05, 0.1) is 0 Å². The Kier molecular flexibility index (Phi) is 9.80. The molecule has 0 aliphatic heterocycles. The summed E-state index contributed by atoms with van der Waals surface area (Å²) < 4.78 is 3.86. The fraction of sp³-hybridized carbons (Fsp3) is 0.600. The van der Waals surface area contributed by atoms with Crippen molar-refractivity contribution >= 4 is 7.32 Å². The number of rotatable bonds is 1. The summed E-state index contributed by atoms with van der Waals surface area (Å²) in [5, 5.41) is 15.4. The molecule has 0 aromatic rings. The largest absolute Gasteiger partial charge is 0.633 e. The van der Waals surface area contributed by atoms with Crippen LogP contribution in [0.1, 0.15) is 13.8 Å². The summed E-state index contributed by atoms with van der Waals surface area (Å²) in [4.78, 5) is 0. The van der Waals surface area contributed by atoms with E-state index < -0.39 is 7.32 Å². The zero-order chi connectivity index (χ0) is 7.86. The van der Waals surface area contributed by atoms with Gasteiger partial charge in [-0.25, -0.2) is 0 Å². The van der Waals surface area contributed by atoms with Crippen molar-refractivity contribution < 1.29 is 14.7 Å². The highest BCUT2D eigenvalue weighted by molar-refractivity contribution is 6.32. The maximum absolute atomic E-state index is 7.69. The summed E-state index contributed by atoms with van der Waals surface area (Å²) in [7, 11) is -0.417. The second kappa shape index (κ2) is 7.68. The van der Waals surface area contributed by atoms with E-state index in [2.05, 4.69) is 11.2 Å². The molecule has 0 rings (SSSR count). The molecule has 0 aliphatic rings. The molecular formula is C5H13BO3. The Balaban J connectivity index is 0. The Hall–Kier alpha value is -0.315. The SMILES string of the molecule is C=C(C)C.COB(O)O. The maximum atomic E-state index is 7.69. The molecule has 0 fully saturated rings. The van der Waals surface area contributed by atoms with Crippen LogP contribution in [0.5, 0.6) is 0 Å². The highest BCUT2D eigenvalue weighted by atomic mass is 16.6. The number of hydrogen-bond donors (Lipinski definition) is 2. The second-order valence-electron chi connectivity index (χ2n) is 1.77. The summed E-state index contributed by atoms with van der Waals surface area (Å²) in [5.74, 6) is 0. The number of hydrogen-bond acceptors (Lipinski definition) is 3. The Labute approximate surface area is 56.1 Å². The average Bonchev–Trinajstić information content (AvgIpc) is 1.65. The molecule has 3 nitrogen and oxygen atoms in total. The predicted octanol–water partition coefficient (Wildman–Crippen LogP) is 0.185. The first-order valence-corrected chi connectivity index (χ1v) is 2.51. The summed E-state index contributed by atoms with van der Waals surface area (Å²) in [6, 6.07) is 0. The summed E-state index contributed by atoms with van der Waals surface area (Å²) >= 11 is 0. The van der Waals surface area contributed by atoms with Gasteiger partial charge in [0.1, 0.15) is 0 Å². The van der Waals surface area contributed by atoms with Gasteiger partial charge < -0.3 is 14.7 Å². The van der Waals surface area contributed by atoms with Gasteiger partial charge in [0.15, 0.2) is 0 Å². The molecule has 0 saturated carbocycles. The summed E-state index contributed by atoms with van der Waals surface area (Å²) in [5.41, 5.74) is 1.17. The minimum Gasteiger partial charge on any atom is -0.402 e. The van der Waals surface area contributed by atoms with Crippen molar-refractivity contribution in [3.8, 4) is 0 Å². The van der Waals surface area contributed by atoms with Gasteiger partial charge in [-0.2, -0.15) is 0 Å². The van der Waals surface area contributed by atoms with Gasteiger partial charge in [-0.05, 0) is 13.8 Å². The van der Waals surface area contributed by atoms with Crippen molar-refractivity contribution in [1.82, 2.24) is 0 Å². The van der Waals surface area contributed by atoms with Crippen LogP contribution in [-0.4, -0.2) is 24.5 Å². The topological polar surface area (TPSA) is 49.7 Å². The lowest BCUT2D eigenvalue weighted by Gasteiger charge is -1.84. The fourth-order valence-corrected chi connectivity index (χ4v) is 0. The molecule has 0 saturated heterocycles. The first kappa shape index (κ1) is 11.5. The third kappa shape index (κ3) is 87.5. The lowest BCUT2D eigenvalue weighted by Crippen LogP contribution is -2.12. The summed E-state index contributed by atoms with van der Waals surface area (Å²) in [6.07, 6.45) is 0. The van der Waals surface area contributed by atoms with Crippen molar-refractivity contribution in [1.29, 1.82) is 0 Å². The normalized spacial score (nSPS) is 7.22. The Morgan fingerprint density at radius 2 is 1.56 bits per heavy atom. The van der Waals surface area contributed by atoms with Crippen molar-refractivity contribution in [2.24, 2.45) is 0 Å². The van der Waals surface area contributed by atoms with Crippen LogP contribution in [0.4, 0.5) is 0 Å². The average molecular weight is 132 g/mol. The van der Waals surface area contributed by atoms with Crippen LogP contribution < -0.4 is 0 Å². The van der Waals surface area contributed by atoms with E-state index in [9.17, 15) is 0 Å². The van der Waals surface area contributed by atoms with Crippen LogP contribution >= 0.6 is 0 Å². The van der Waals surface area contributed by atoms with Gasteiger partial charge in [-0.15, -0.1) is 6.58 Å². The van der Waals surface area contributed by atoms with E-state index in [1.165, 1.54) is 12.7 Å². The molecule has 4 heteroatoms. The molecule has 0 atom stereocenters. The van der Waals surface area contributed by atoms with E-state index >= 15 is 0 Å². The molecule has 54 valence electrons. The van der Waals surface area contributed by atoms with Crippen molar-refractivity contribution in [2.45, 2.75) is 13.8 Å². The van der Waals surface area contributed by atoms with Gasteiger partial charge in [0.2, 0.25) is 0 Å². The van der Waals surface area contributed by atoms with E-state index in [0.717, 1.165) is 0 Å². The van der Waals surface area contributed by atoms with E-state index in [4.69, 9.17) is 10.0 Å². The molecule has 0 aliphatic carbocycles. The van der Waals surface area contributed by atoms with E-state index in [0.29, 0.717) is 0 Å². The van der Waals surface area contributed by atoms with Gasteiger partial charge in [-0.1, -0.05) is 5.57 Å². The van der Waals surface area contributed by atoms with Crippen LogP contribution in [0.15, 0.2) is 12.2 Å². The van der Waals surface area contributed by atoms with E-state index in [1.54, 1.807) is 0 Å². The molecule has 9 heavy (non-hydrogen) atoms. The van der Waals surface area contributed by atoms with Crippen molar-refractivity contribution in [3.63, 3.8) is 0 Å². The molecular weight excluding hydrogens is 119 g/mol. The Morgan fingerprint density at radius 3 is 1.56 bits per heavy atom. The van der Waals surface area contributed by atoms with Crippen molar-refractivity contribution in [2.75, 3.05) is 7.11 Å². The summed E-state index contributed by atoms with van der Waals surface area (Å²) in [6.45, 7) is 7.50. The highest BCUT2D eigenvalue weighted by Crippen LogP contribution is 1.73. The zero-order valence-electron chi connectivity index (χ0n) is 6.09. The van der Waals surface area contributed by atoms with E-state index in [1.807, 2.05) is 13.8 Å². The fourth-order valence-electron chi connectivity index (χ4n) is 0. The van der Waals surface area contributed by atoms with Crippen LogP contribution in [0.3, 0.4) is 0 Å². The van der Waals surface area contributed by atoms with Crippen molar-refractivity contribution in [3.05, 3.63) is 12.2 Å². The minimum absolute atomic E-state index is 1.17.